The van der Waals surface area contributed by atoms with Crippen molar-refractivity contribution >= 4 is 17.5 Å². The number of amides is 1. The fourth-order valence-electron chi connectivity index (χ4n) is 5.48. The molecular formula is C31H31N5O5. The lowest BCUT2D eigenvalue weighted by Crippen LogP contribution is -2.49. The van der Waals surface area contributed by atoms with Crippen LogP contribution in [0.25, 0.3) is 11.3 Å². The Hall–Kier alpha value is -4.86. The predicted molar refractivity (Wildman–Crippen MR) is 154 cm³/mol. The minimum Gasteiger partial charge on any atom is -0.482 e. The smallest absolute Gasteiger partial charge is 0.410 e. The van der Waals surface area contributed by atoms with Gasteiger partial charge in [-0.1, -0.05) is 60.7 Å². The highest BCUT2D eigenvalue weighted by Crippen LogP contribution is 2.49. The van der Waals surface area contributed by atoms with Crippen molar-refractivity contribution in [3.8, 4) is 17.0 Å². The van der Waals surface area contributed by atoms with Gasteiger partial charge in [0.15, 0.2) is 0 Å². The number of aromatic nitrogens is 2. The molecule has 0 atom stereocenters. The second-order valence-corrected chi connectivity index (χ2v) is 10.8. The number of ether oxygens (including phenoxy) is 2. The van der Waals surface area contributed by atoms with Crippen LogP contribution in [-0.4, -0.2) is 51.9 Å². The summed E-state index contributed by atoms with van der Waals surface area (Å²) in [5, 5.41) is 17.0. The second kappa shape index (κ2) is 10.6. The number of nitro benzene ring substituents is 1. The highest BCUT2D eigenvalue weighted by molar-refractivity contribution is 5.82. The number of hydrogen-bond acceptors (Lipinski definition) is 7. The van der Waals surface area contributed by atoms with Gasteiger partial charge >= 0.3 is 6.09 Å². The van der Waals surface area contributed by atoms with E-state index in [0.717, 1.165) is 22.4 Å². The molecule has 10 heteroatoms. The molecule has 1 aromatic heterocycles. The van der Waals surface area contributed by atoms with Gasteiger partial charge in [-0.3, -0.25) is 14.8 Å². The highest BCUT2D eigenvalue weighted by atomic mass is 16.6. The van der Waals surface area contributed by atoms with E-state index in [2.05, 4.69) is 5.10 Å². The molecule has 3 heterocycles. The van der Waals surface area contributed by atoms with E-state index in [1.165, 1.54) is 0 Å². The lowest BCUT2D eigenvalue weighted by Gasteiger charge is -2.37. The van der Waals surface area contributed by atoms with E-state index < -0.39 is 11.7 Å². The topological polar surface area (TPSA) is 103 Å². The minimum atomic E-state index is -0.675. The van der Waals surface area contributed by atoms with Crippen molar-refractivity contribution in [3.63, 3.8) is 0 Å². The van der Waals surface area contributed by atoms with Crippen LogP contribution in [-0.2, 0) is 23.5 Å². The molecule has 0 radical (unpaired) electrons. The molecular weight excluding hydrogens is 522 g/mol. The van der Waals surface area contributed by atoms with Gasteiger partial charge in [0.25, 0.3) is 5.69 Å². The number of fused-ring (bicyclic) bond motifs is 3. The summed E-state index contributed by atoms with van der Waals surface area (Å²) in [6.45, 7) is 6.33. The van der Waals surface area contributed by atoms with Crippen LogP contribution in [0.5, 0.6) is 5.75 Å². The van der Waals surface area contributed by atoms with Gasteiger partial charge in [-0.15, -0.1) is 0 Å². The molecule has 41 heavy (non-hydrogen) atoms. The lowest BCUT2D eigenvalue weighted by molar-refractivity contribution is -0.384. The van der Waals surface area contributed by atoms with E-state index in [1.807, 2.05) is 84.1 Å². The summed E-state index contributed by atoms with van der Waals surface area (Å²) in [6.07, 6.45) is 1.40. The molecule has 210 valence electrons. The summed E-state index contributed by atoms with van der Waals surface area (Å²) < 4.78 is 13.8. The van der Waals surface area contributed by atoms with Crippen LogP contribution in [0.4, 0.5) is 16.2 Å². The van der Waals surface area contributed by atoms with Crippen LogP contribution in [0.1, 0.15) is 30.5 Å². The summed E-state index contributed by atoms with van der Waals surface area (Å²) in [5.74, 6) is 0.572. The standard InChI is InChI=1S/C31H31N5O5/c1-31(2)25-19-32-35(20-22-9-5-3-6-10-22)29(25)24-17-27(36(38)39)26(18-28(24)41-31)33-13-15-34(16-14-33)30(37)40-21-23-11-7-4-8-12-23/h3-12,17-19H,13-16,20-21H2,1-2H3. The van der Waals surface area contributed by atoms with Crippen molar-refractivity contribution in [2.75, 3.05) is 31.1 Å². The van der Waals surface area contributed by atoms with Crippen LogP contribution < -0.4 is 9.64 Å². The molecule has 1 saturated heterocycles. The summed E-state index contributed by atoms with van der Waals surface area (Å²) in [5.41, 5.74) is 4.13. The predicted octanol–water partition coefficient (Wildman–Crippen LogP) is 5.59. The Morgan fingerprint density at radius 3 is 2.32 bits per heavy atom. The average Bonchev–Trinajstić information content (AvgIpc) is 3.41. The molecule has 6 rings (SSSR count). The molecule has 1 amide bonds. The zero-order chi connectivity index (χ0) is 28.6. The van der Waals surface area contributed by atoms with Crippen LogP contribution in [0.15, 0.2) is 79.0 Å². The van der Waals surface area contributed by atoms with Gasteiger partial charge in [-0.2, -0.15) is 5.10 Å². The molecule has 0 aliphatic carbocycles. The van der Waals surface area contributed by atoms with Gasteiger partial charge < -0.3 is 19.3 Å². The van der Waals surface area contributed by atoms with Gasteiger partial charge in [-0.25, -0.2) is 4.79 Å². The Morgan fingerprint density at radius 1 is 1.00 bits per heavy atom. The Kier molecular flexibility index (Phi) is 6.82. The number of anilines is 1. The first-order valence-corrected chi connectivity index (χ1v) is 13.6. The number of benzene rings is 3. The number of hydrogen-bond donors (Lipinski definition) is 0. The number of carbonyl (C=O) groups excluding carboxylic acids is 1. The summed E-state index contributed by atoms with van der Waals surface area (Å²) in [4.78, 5) is 28.2. The third-order valence-electron chi connectivity index (χ3n) is 7.64. The van der Waals surface area contributed by atoms with E-state index in [1.54, 1.807) is 23.2 Å². The van der Waals surface area contributed by atoms with Crippen LogP contribution in [0.2, 0.25) is 0 Å². The number of nitro groups is 1. The molecule has 10 nitrogen and oxygen atoms in total. The molecule has 1 fully saturated rings. The maximum absolute atomic E-state index is 12.7. The SMILES string of the molecule is CC1(C)Oc2cc(N3CCN(C(=O)OCc4ccccc4)CC3)c([N+](=O)[O-])cc2-c2c1cnn2Cc1ccccc1. The fourth-order valence-corrected chi connectivity index (χ4v) is 5.48. The fraction of sp³-hybridized carbons (Fsp3) is 0.290. The monoisotopic (exact) mass is 553 g/mol. The maximum atomic E-state index is 12.7. The van der Waals surface area contributed by atoms with E-state index in [9.17, 15) is 14.9 Å². The second-order valence-electron chi connectivity index (χ2n) is 10.8. The molecule has 2 aliphatic heterocycles. The first kappa shape index (κ1) is 26.4. The Bertz CT molecular complexity index is 1580. The minimum absolute atomic E-state index is 0.00873. The van der Waals surface area contributed by atoms with Gasteiger partial charge in [0.2, 0.25) is 0 Å². The van der Waals surface area contributed by atoms with Gasteiger partial charge in [0.1, 0.15) is 23.6 Å². The number of rotatable bonds is 6. The molecule has 0 saturated carbocycles. The maximum Gasteiger partial charge on any atom is 0.410 e. The summed E-state index contributed by atoms with van der Waals surface area (Å²) in [6, 6.07) is 22.9. The Morgan fingerprint density at radius 2 is 1.66 bits per heavy atom. The molecule has 0 unspecified atom stereocenters. The number of nitrogens with zero attached hydrogens (tertiary/aromatic N) is 5. The van der Waals surface area contributed by atoms with Gasteiger partial charge in [0, 0.05) is 49.4 Å². The zero-order valence-corrected chi connectivity index (χ0v) is 23.0. The summed E-state index contributed by atoms with van der Waals surface area (Å²) >= 11 is 0. The van der Waals surface area contributed by atoms with Gasteiger partial charge in [0.05, 0.1) is 23.4 Å². The van der Waals surface area contributed by atoms with E-state index in [-0.39, 0.29) is 17.2 Å². The first-order valence-electron chi connectivity index (χ1n) is 13.6. The zero-order valence-electron chi connectivity index (χ0n) is 23.0. The quantitative estimate of drug-likeness (QED) is 0.226. The third-order valence-corrected chi connectivity index (χ3v) is 7.64. The molecule has 0 spiro atoms. The van der Waals surface area contributed by atoms with Crippen molar-refractivity contribution in [2.45, 2.75) is 32.6 Å². The highest BCUT2D eigenvalue weighted by Gasteiger charge is 2.38. The third kappa shape index (κ3) is 5.20. The van der Waals surface area contributed by atoms with E-state index in [4.69, 9.17) is 9.47 Å². The van der Waals surface area contributed by atoms with Crippen LogP contribution in [0.3, 0.4) is 0 Å². The average molecular weight is 554 g/mol. The molecule has 0 N–H and O–H groups in total. The van der Waals surface area contributed by atoms with Gasteiger partial charge in [-0.05, 0) is 25.0 Å². The van der Waals surface area contributed by atoms with E-state index in [0.29, 0.717) is 49.7 Å². The molecule has 3 aromatic carbocycles. The van der Waals surface area contributed by atoms with Crippen LogP contribution in [0, 0.1) is 10.1 Å². The number of piperazine rings is 1. The largest absolute Gasteiger partial charge is 0.482 e. The first-order chi connectivity index (χ1) is 19.8. The normalized spacial score (nSPS) is 15.5. The van der Waals surface area contributed by atoms with Crippen molar-refractivity contribution in [1.29, 1.82) is 0 Å². The van der Waals surface area contributed by atoms with E-state index >= 15 is 0 Å². The van der Waals surface area contributed by atoms with Crippen molar-refractivity contribution in [3.05, 3.63) is 106 Å². The van der Waals surface area contributed by atoms with Crippen LogP contribution >= 0.6 is 0 Å². The number of carbonyl (C=O) groups is 1. The summed E-state index contributed by atoms with van der Waals surface area (Å²) in [7, 11) is 0. The van der Waals surface area contributed by atoms with Crippen molar-refractivity contribution in [1.82, 2.24) is 14.7 Å². The Labute approximate surface area is 237 Å². The Balaban J connectivity index is 1.25. The van der Waals surface area contributed by atoms with Crippen molar-refractivity contribution < 1.29 is 19.2 Å². The van der Waals surface area contributed by atoms with Crippen molar-refractivity contribution in [2.24, 2.45) is 0 Å². The molecule has 2 aliphatic rings. The molecule has 4 aromatic rings. The molecule has 0 bridgehead atoms. The lowest BCUT2D eigenvalue weighted by atomic mass is 9.91.